The first-order valence-corrected chi connectivity index (χ1v) is 13.4. The molecule has 0 heterocycles. The van der Waals surface area contributed by atoms with Crippen LogP contribution in [0.2, 0.25) is 0 Å². The molecule has 0 radical (unpaired) electrons. The van der Waals surface area contributed by atoms with Crippen LogP contribution in [-0.2, 0) is 26.2 Å². The second kappa shape index (κ2) is 12.4. The van der Waals surface area contributed by atoms with E-state index in [1.807, 2.05) is 38.1 Å². The number of ether oxygens (including phenoxy) is 1. The average Bonchev–Trinajstić information content (AvgIpc) is 2.92. The van der Waals surface area contributed by atoms with E-state index < -0.39 is 28.5 Å². The largest absolute Gasteiger partial charge is 0.497 e. The van der Waals surface area contributed by atoms with Gasteiger partial charge in [-0.1, -0.05) is 55.0 Å². The Kier molecular flexibility index (Phi) is 9.30. The van der Waals surface area contributed by atoms with Gasteiger partial charge in [0, 0.05) is 13.6 Å². The minimum Gasteiger partial charge on any atom is -0.497 e. The number of para-hydroxylation sites is 1. The molecule has 0 saturated carbocycles. The first kappa shape index (κ1) is 27.7. The highest BCUT2D eigenvalue weighted by Crippen LogP contribution is 2.26. The summed E-state index contributed by atoms with van der Waals surface area (Å²) in [5, 5.41) is 2.62. The van der Waals surface area contributed by atoms with Gasteiger partial charge >= 0.3 is 0 Å². The molecule has 1 N–H and O–H groups in total. The Morgan fingerprint density at radius 2 is 1.57 bits per heavy atom. The van der Waals surface area contributed by atoms with E-state index in [1.165, 1.54) is 31.2 Å². The number of methoxy groups -OCH3 is 1. The number of hydrogen-bond acceptors (Lipinski definition) is 5. The number of nitrogens with one attached hydrogen (secondary N) is 1. The van der Waals surface area contributed by atoms with Crippen molar-refractivity contribution in [1.29, 1.82) is 0 Å². The quantitative estimate of drug-likeness (QED) is 0.413. The van der Waals surface area contributed by atoms with Crippen molar-refractivity contribution in [3.05, 3.63) is 90.0 Å². The first-order valence-electron chi connectivity index (χ1n) is 12.0. The molecule has 0 saturated heterocycles. The fraction of sp³-hybridized carbons (Fsp3) is 0.286. The van der Waals surface area contributed by atoms with E-state index in [4.69, 9.17) is 4.74 Å². The molecule has 0 unspecified atom stereocenters. The van der Waals surface area contributed by atoms with Gasteiger partial charge in [0.25, 0.3) is 10.0 Å². The standard InChI is InChI=1S/C28H33N3O5S/c1-5-26(28(33)29-3)30(19-22-13-11-21(2)12-14-22)27(32)20-31(23-9-7-6-8-10-23)37(34,35)25-17-15-24(36-4)16-18-25/h6-18,26H,5,19-20H2,1-4H3,(H,29,33)/t26-/m0/s1. The Hall–Kier alpha value is -3.85. The van der Waals surface area contributed by atoms with Crippen molar-refractivity contribution < 1.29 is 22.7 Å². The van der Waals surface area contributed by atoms with Gasteiger partial charge in [0.1, 0.15) is 18.3 Å². The van der Waals surface area contributed by atoms with E-state index >= 15 is 0 Å². The summed E-state index contributed by atoms with van der Waals surface area (Å²) in [4.78, 5) is 28.0. The molecule has 37 heavy (non-hydrogen) atoms. The fourth-order valence-electron chi connectivity index (χ4n) is 3.97. The van der Waals surface area contributed by atoms with E-state index in [1.54, 1.807) is 42.5 Å². The van der Waals surface area contributed by atoms with Crippen molar-refractivity contribution in [1.82, 2.24) is 10.2 Å². The van der Waals surface area contributed by atoms with Crippen molar-refractivity contribution in [2.24, 2.45) is 0 Å². The zero-order valence-corrected chi connectivity index (χ0v) is 22.4. The molecule has 0 aliphatic carbocycles. The van der Waals surface area contributed by atoms with Gasteiger partial charge in [-0.15, -0.1) is 0 Å². The van der Waals surface area contributed by atoms with Crippen molar-refractivity contribution in [3.8, 4) is 5.75 Å². The van der Waals surface area contributed by atoms with Gasteiger partial charge in [0.15, 0.2) is 0 Å². The van der Waals surface area contributed by atoms with Gasteiger partial charge < -0.3 is 15.0 Å². The lowest BCUT2D eigenvalue weighted by Gasteiger charge is -2.33. The minimum absolute atomic E-state index is 0.0216. The lowest BCUT2D eigenvalue weighted by molar-refractivity contribution is -0.140. The number of carbonyl (C=O) groups excluding carboxylic acids is 2. The predicted molar refractivity (Wildman–Crippen MR) is 144 cm³/mol. The molecule has 3 aromatic carbocycles. The smallest absolute Gasteiger partial charge is 0.264 e. The Morgan fingerprint density at radius 3 is 2.11 bits per heavy atom. The highest BCUT2D eigenvalue weighted by Gasteiger charge is 2.33. The van der Waals surface area contributed by atoms with Crippen LogP contribution < -0.4 is 14.4 Å². The molecule has 0 aliphatic heterocycles. The molecular weight excluding hydrogens is 490 g/mol. The normalized spacial score (nSPS) is 11.9. The molecular formula is C28H33N3O5S. The van der Waals surface area contributed by atoms with Crippen LogP contribution in [0.5, 0.6) is 5.75 Å². The van der Waals surface area contributed by atoms with Crippen LogP contribution in [0, 0.1) is 6.92 Å². The molecule has 0 aromatic heterocycles. The third-order valence-electron chi connectivity index (χ3n) is 6.08. The zero-order chi connectivity index (χ0) is 27.0. The highest BCUT2D eigenvalue weighted by molar-refractivity contribution is 7.92. The molecule has 196 valence electrons. The molecule has 8 nitrogen and oxygen atoms in total. The summed E-state index contributed by atoms with van der Waals surface area (Å²) in [5.74, 6) is -0.286. The summed E-state index contributed by atoms with van der Waals surface area (Å²) < 4.78 is 33.7. The summed E-state index contributed by atoms with van der Waals surface area (Å²) in [6, 6.07) is 21.3. The number of sulfonamides is 1. The van der Waals surface area contributed by atoms with Crippen LogP contribution in [0.25, 0.3) is 0 Å². The van der Waals surface area contributed by atoms with E-state index in [-0.39, 0.29) is 17.3 Å². The third kappa shape index (κ3) is 6.68. The van der Waals surface area contributed by atoms with Crippen LogP contribution in [0.4, 0.5) is 5.69 Å². The van der Waals surface area contributed by atoms with Gasteiger partial charge in [-0.2, -0.15) is 0 Å². The maximum atomic E-state index is 13.8. The Labute approximate surface area is 218 Å². The number of hydrogen-bond donors (Lipinski definition) is 1. The number of nitrogens with zero attached hydrogens (tertiary/aromatic N) is 2. The topological polar surface area (TPSA) is 96.0 Å². The molecule has 3 rings (SSSR count). The fourth-order valence-corrected chi connectivity index (χ4v) is 5.39. The maximum Gasteiger partial charge on any atom is 0.264 e. The molecule has 0 bridgehead atoms. The van der Waals surface area contributed by atoms with Crippen molar-refractivity contribution in [2.45, 2.75) is 37.8 Å². The molecule has 3 aromatic rings. The molecule has 1 atom stereocenters. The van der Waals surface area contributed by atoms with Gasteiger partial charge in [-0.05, 0) is 55.3 Å². The lowest BCUT2D eigenvalue weighted by atomic mass is 10.1. The molecule has 0 spiro atoms. The van der Waals surface area contributed by atoms with Gasteiger partial charge in [-0.25, -0.2) is 8.42 Å². The first-order chi connectivity index (χ1) is 17.7. The molecule has 0 fully saturated rings. The van der Waals surface area contributed by atoms with E-state index in [9.17, 15) is 18.0 Å². The highest BCUT2D eigenvalue weighted by atomic mass is 32.2. The van der Waals surface area contributed by atoms with Gasteiger partial charge in [-0.3, -0.25) is 13.9 Å². The number of anilines is 1. The van der Waals surface area contributed by atoms with Gasteiger partial charge in [0.2, 0.25) is 11.8 Å². The van der Waals surface area contributed by atoms with Gasteiger partial charge in [0.05, 0.1) is 17.7 Å². The Morgan fingerprint density at radius 1 is 0.946 bits per heavy atom. The summed E-state index contributed by atoms with van der Waals surface area (Å²) in [6.45, 7) is 3.47. The second-order valence-corrected chi connectivity index (χ2v) is 10.4. The molecule has 9 heteroatoms. The van der Waals surface area contributed by atoms with Crippen LogP contribution in [0.3, 0.4) is 0 Å². The summed E-state index contributed by atoms with van der Waals surface area (Å²) >= 11 is 0. The number of carbonyl (C=O) groups is 2. The number of benzene rings is 3. The van der Waals surface area contributed by atoms with Crippen molar-refractivity contribution in [3.63, 3.8) is 0 Å². The SMILES string of the molecule is CC[C@@H](C(=O)NC)N(Cc1ccc(C)cc1)C(=O)CN(c1ccccc1)S(=O)(=O)c1ccc(OC)cc1. The van der Waals surface area contributed by atoms with Crippen molar-refractivity contribution >= 4 is 27.5 Å². The summed E-state index contributed by atoms with van der Waals surface area (Å²) in [7, 11) is -1.10. The Balaban J connectivity index is 2.02. The molecule has 2 amide bonds. The minimum atomic E-state index is -4.11. The van der Waals surface area contributed by atoms with E-state index in [0.717, 1.165) is 15.4 Å². The Bertz CT molecular complexity index is 1290. The van der Waals surface area contributed by atoms with Crippen LogP contribution in [0.15, 0.2) is 83.8 Å². The monoisotopic (exact) mass is 523 g/mol. The van der Waals surface area contributed by atoms with Crippen LogP contribution in [-0.4, -0.2) is 51.9 Å². The third-order valence-corrected chi connectivity index (χ3v) is 7.86. The summed E-state index contributed by atoms with van der Waals surface area (Å²) in [5.41, 5.74) is 2.25. The number of rotatable bonds is 11. The zero-order valence-electron chi connectivity index (χ0n) is 21.5. The van der Waals surface area contributed by atoms with Crippen LogP contribution in [0.1, 0.15) is 24.5 Å². The number of amides is 2. The molecule has 0 aliphatic rings. The average molecular weight is 524 g/mol. The maximum absolute atomic E-state index is 13.8. The lowest BCUT2D eigenvalue weighted by Crippen LogP contribution is -2.51. The second-order valence-electron chi connectivity index (χ2n) is 8.57. The van der Waals surface area contributed by atoms with Crippen LogP contribution >= 0.6 is 0 Å². The summed E-state index contributed by atoms with van der Waals surface area (Å²) in [6.07, 6.45) is 0.369. The number of aryl methyl sites for hydroxylation is 1. The van der Waals surface area contributed by atoms with E-state index in [2.05, 4.69) is 5.32 Å². The van der Waals surface area contributed by atoms with Crippen molar-refractivity contribution in [2.75, 3.05) is 25.0 Å². The predicted octanol–water partition coefficient (Wildman–Crippen LogP) is 3.75. The van der Waals surface area contributed by atoms with E-state index in [0.29, 0.717) is 17.9 Å². The number of likely N-dealkylation sites (N-methyl/N-ethyl adjacent to an activating group) is 1.